The van der Waals surface area contributed by atoms with Gasteiger partial charge in [-0.25, -0.2) is 9.97 Å². The van der Waals surface area contributed by atoms with Gasteiger partial charge in [0.2, 0.25) is 5.95 Å². The van der Waals surface area contributed by atoms with Crippen LogP contribution >= 0.6 is 23.2 Å². The van der Waals surface area contributed by atoms with E-state index in [-0.39, 0.29) is 33.2 Å². The molecule has 4 rings (SSSR count). The number of piperazine rings is 1. The molecule has 1 aliphatic heterocycles. The van der Waals surface area contributed by atoms with E-state index in [0.29, 0.717) is 31.9 Å². The van der Waals surface area contributed by atoms with Crippen LogP contribution in [0.3, 0.4) is 0 Å². The summed E-state index contributed by atoms with van der Waals surface area (Å²) in [5, 5.41) is 5.79. The van der Waals surface area contributed by atoms with Gasteiger partial charge in [0.15, 0.2) is 5.69 Å². The van der Waals surface area contributed by atoms with E-state index in [1.807, 2.05) is 7.05 Å². The fraction of sp³-hybridized carbons (Fsp3) is 0.273. The average Bonchev–Trinajstić information content (AvgIpc) is 2.79. The molecule has 8 nitrogen and oxygen atoms in total. The second kappa shape index (κ2) is 10.2. The number of nitrogens with zero attached hydrogens (tertiary/aromatic N) is 5. The van der Waals surface area contributed by atoms with Gasteiger partial charge < -0.3 is 20.4 Å². The number of aromatic nitrogens is 3. The number of nitrogens with one attached hydrogen (secondary N) is 2. The van der Waals surface area contributed by atoms with Gasteiger partial charge >= 0.3 is 6.18 Å². The molecule has 2 N–H and O–H groups in total. The third kappa shape index (κ3) is 6.11. The fourth-order valence-corrected chi connectivity index (χ4v) is 3.98. The van der Waals surface area contributed by atoms with Crippen LogP contribution in [-0.4, -0.2) is 59.0 Å². The summed E-state index contributed by atoms with van der Waals surface area (Å²) >= 11 is 12.2. The molecule has 0 atom stereocenters. The lowest BCUT2D eigenvalue weighted by Crippen LogP contribution is -2.45. The first-order chi connectivity index (χ1) is 16.6. The minimum Gasteiger partial charge on any atom is -0.338 e. The van der Waals surface area contributed by atoms with Crippen LogP contribution in [0.4, 0.5) is 36.4 Å². The lowest BCUT2D eigenvalue weighted by Gasteiger charge is -2.32. The molecule has 3 aromatic rings. The molecular weight excluding hydrogens is 506 g/mol. The number of hydrogen-bond acceptors (Lipinski definition) is 7. The number of carbonyl (C=O) groups is 1. The van der Waals surface area contributed by atoms with Crippen LogP contribution in [-0.2, 0) is 6.18 Å². The van der Waals surface area contributed by atoms with Gasteiger partial charge in [0.05, 0.1) is 15.6 Å². The van der Waals surface area contributed by atoms with Crippen molar-refractivity contribution in [2.45, 2.75) is 6.18 Å². The number of benzene rings is 1. The smallest absolute Gasteiger partial charge is 0.338 e. The first-order valence-electron chi connectivity index (χ1n) is 10.5. The van der Waals surface area contributed by atoms with Crippen molar-refractivity contribution in [3.05, 3.63) is 63.9 Å². The van der Waals surface area contributed by atoms with Gasteiger partial charge in [0.1, 0.15) is 11.6 Å². The molecular formula is C22H20Cl2F3N7O. The Morgan fingerprint density at radius 2 is 1.69 bits per heavy atom. The summed E-state index contributed by atoms with van der Waals surface area (Å²) in [6.07, 6.45) is -3.27. The first-order valence-corrected chi connectivity index (χ1v) is 11.2. The summed E-state index contributed by atoms with van der Waals surface area (Å²) in [5.41, 5.74) is -0.640. The number of halogens is 5. The first kappa shape index (κ1) is 25.0. The van der Waals surface area contributed by atoms with Crippen molar-refractivity contribution >= 4 is 52.4 Å². The van der Waals surface area contributed by atoms with Gasteiger partial charge in [0.25, 0.3) is 5.91 Å². The number of rotatable bonds is 5. The number of likely N-dealkylation sites (N-methyl/N-ethyl adjacent to an activating group) is 1. The van der Waals surface area contributed by atoms with Crippen LogP contribution in [0.15, 0.2) is 42.6 Å². The van der Waals surface area contributed by atoms with Crippen LogP contribution in [0, 0.1) is 0 Å². The molecule has 3 heterocycles. The zero-order valence-corrected chi connectivity index (χ0v) is 19.9. The van der Waals surface area contributed by atoms with Gasteiger partial charge in [0, 0.05) is 50.2 Å². The molecule has 0 saturated carbocycles. The van der Waals surface area contributed by atoms with Crippen molar-refractivity contribution in [1.82, 2.24) is 19.9 Å². The maximum Gasteiger partial charge on any atom is 0.433 e. The minimum atomic E-state index is -4.65. The van der Waals surface area contributed by atoms with Crippen molar-refractivity contribution in [3.63, 3.8) is 0 Å². The monoisotopic (exact) mass is 525 g/mol. The normalized spacial score (nSPS) is 14.6. The predicted molar refractivity (Wildman–Crippen MR) is 129 cm³/mol. The highest BCUT2D eigenvalue weighted by Crippen LogP contribution is 2.31. The predicted octanol–water partition coefficient (Wildman–Crippen LogP) is 4.94. The van der Waals surface area contributed by atoms with Crippen LogP contribution in [0.1, 0.15) is 16.1 Å². The maximum absolute atomic E-state index is 13.5. The molecule has 2 aromatic heterocycles. The Kier molecular flexibility index (Phi) is 7.29. The van der Waals surface area contributed by atoms with Gasteiger partial charge in [-0.2, -0.15) is 18.2 Å². The molecule has 0 bridgehead atoms. The van der Waals surface area contributed by atoms with E-state index >= 15 is 0 Å². The molecule has 0 spiro atoms. The molecule has 1 saturated heterocycles. The Bertz CT molecular complexity index is 1210. The molecule has 13 heteroatoms. The second-order valence-electron chi connectivity index (χ2n) is 7.83. The molecule has 184 valence electrons. The van der Waals surface area contributed by atoms with E-state index in [9.17, 15) is 18.0 Å². The Balaban J connectivity index is 1.57. The van der Waals surface area contributed by atoms with Gasteiger partial charge in [-0.05, 0) is 25.2 Å². The summed E-state index contributed by atoms with van der Waals surface area (Å²) in [5.74, 6) is -0.472. The minimum absolute atomic E-state index is 0.0201. The van der Waals surface area contributed by atoms with Gasteiger partial charge in [-0.15, -0.1) is 0 Å². The largest absolute Gasteiger partial charge is 0.433 e. The van der Waals surface area contributed by atoms with E-state index in [1.54, 1.807) is 11.0 Å². The second-order valence-corrected chi connectivity index (χ2v) is 8.65. The maximum atomic E-state index is 13.5. The van der Waals surface area contributed by atoms with Crippen molar-refractivity contribution < 1.29 is 18.0 Å². The number of carbonyl (C=O) groups excluding carboxylic acids is 1. The Hall–Kier alpha value is -3.15. The average molecular weight is 526 g/mol. The Morgan fingerprint density at radius 3 is 2.34 bits per heavy atom. The number of amides is 1. The zero-order chi connectivity index (χ0) is 25.2. The zero-order valence-electron chi connectivity index (χ0n) is 18.4. The van der Waals surface area contributed by atoms with Gasteiger partial charge in [-0.1, -0.05) is 29.3 Å². The SMILES string of the molecule is CN1CCN(c2nc(Nc3cc(NC(=O)c4c(Cl)cccc4Cl)ccn3)cc(C(F)(F)F)n2)CC1. The molecule has 1 fully saturated rings. The van der Waals surface area contributed by atoms with Crippen molar-refractivity contribution in [2.75, 3.05) is 48.8 Å². The molecule has 0 aliphatic carbocycles. The topological polar surface area (TPSA) is 86.3 Å². The van der Waals surface area contributed by atoms with E-state index in [4.69, 9.17) is 23.2 Å². The van der Waals surface area contributed by atoms with E-state index in [2.05, 4.69) is 30.5 Å². The Labute approximate surface area is 209 Å². The number of hydrogen-bond donors (Lipinski definition) is 2. The Morgan fingerprint density at radius 1 is 1.00 bits per heavy atom. The fourth-order valence-electron chi connectivity index (χ4n) is 3.41. The van der Waals surface area contributed by atoms with Crippen molar-refractivity contribution in [1.29, 1.82) is 0 Å². The number of alkyl halides is 3. The molecule has 1 aliphatic rings. The van der Waals surface area contributed by atoms with E-state index in [0.717, 1.165) is 6.07 Å². The molecule has 1 amide bonds. The van der Waals surface area contributed by atoms with Gasteiger partial charge in [-0.3, -0.25) is 4.79 Å². The molecule has 35 heavy (non-hydrogen) atoms. The van der Waals surface area contributed by atoms with E-state index in [1.165, 1.54) is 30.5 Å². The molecule has 0 radical (unpaired) electrons. The summed E-state index contributed by atoms with van der Waals surface area (Å²) in [4.78, 5) is 28.5. The highest BCUT2D eigenvalue weighted by Gasteiger charge is 2.34. The van der Waals surface area contributed by atoms with Crippen molar-refractivity contribution in [3.8, 4) is 0 Å². The third-order valence-electron chi connectivity index (χ3n) is 5.25. The van der Waals surface area contributed by atoms with Crippen LogP contribution < -0.4 is 15.5 Å². The van der Waals surface area contributed by atoms with Crippen LogP contribution in [0.5, 0.6) is 0 Å². The van der Waals surface area contributed by atoms with E-state index < -0.39 is 17.8 Å². The summed E-state index contributed by atoms with van der Waals surface area (Å²) in [6.45, 7) is 2.37. The van der Waals surface area contributed by atoms with Crippen LogP contribution in [0.2, 0.25) is 10.0 Å². The van der Waals surface area contributed by atoms with Crippen LogP contribution in [0.25, 0.3) is 0 Å². The quantitative estimate of drug-likeness (QED) is 0.487. The number of pyridine rings is 1. The highest BCUT2D eigenvalue weighted by molar-refractivity contribution is 6.40. The number of anilines is 4. The highest BCUT2D eigenvalue weighted by atomic mass is 35.5. The standard InChI is InChI=1S/C22H20Cl2F3N7O/c1-33-7-9-34(10-8-33)21-30-16(22(25,26)27)12-18(32-21)31-17-11-13(5-6-28-17)29-20(35)19-14(23)3-2-4-15(19)24/h2-6,11-12H,7-10H2,1H3,(H2,28,29,30,31,32,35). The molecule has 1 aromatic carbocycles. The third-order valence-corrected chi connectivity index (χ3v) is 5.88. The lowest BCUT2D eigenvalue weighted by molar-refractivity contribution is -0.141. The summed E-state index contributed by atoms with van der Waals surface area (Å²) < 4.78 is 40.6. The summed E-state index contributed by atoms with van der Waals surface area (Å²) in [7, 11) is 1.94. The molecule has 0 unspecified atom stereocenters. The van der Waals surface area contributed by atoms with Crippen molar-refractivity contribution in [2.24, 2.45) is 0 Å². The lowest BCUT2D eigenvalue weighted by atomic mass is 10.2. The summed E-state index contributed by atoms with van der Waals surface area (Å²) in [6, 6.07) is 8.47.